The molecule has 1 amide bonds. The molecule has 7 heteroatoms. The lowest BCUT2D eigenvalue weighted by atomic mass is 10.2. The second-order valence-electron chi connectivity index (χ2n) is 6.57. The first-order chi connectivity index (χ1) is 12.1. The Hall–Kier alpha value is -1.99. The van der Waals surface area contributed by atoms with Gasteiger partial charge >= 0.3 is 0 Å². The van der Waals surface area contributed by atoms with E-state index in [1.54, 1.807) is 16.2 Å². The zero-order chi connectivity index (χ0) is 17.6. The van der Waals surface area contributed by atoms with Crippen LogP contribution >= 0.6 is 22.7 Å². The molecule has 0 spiro atoms. The third-order valence-corrected chi connectivity index (χ3v) is 6.75. The van der Waals surface area contributed by atoms with Crippen molar-refractivity contribution < 1.29 is 4.79 Å². The summed E-state index contributed by atoms with van der Waals surface area (Å²) in [6.45, 7) is 2.11. The Balaban J connectivity index is 1.66. The minimum Gasteiger partial charge on any atom is -0.341 e. The van der Waals surface area contributed by atoms with Crippen molar-refractivity contribution >= 4 is 38.8 Å². The standard InChI is InChI=1S/C18H19N3O2S2/c1-11(12-5-6-12)20(2)15(22)8-21-10-19-17-16(18(21)23)13(9-25-17)14-4-3-7-24-14/h3-4,7,9-12H,5-6,8H2,1-2H3. The first kappa shape index (κ1) is 16.5. The van der Waals surface area contributed by atoms with E-state index < -0.39 is 0 Å². The quantitative estimate of drug-likeness (QED) is 0.688. The van der Waals surface area contributed by atoms with Crippen LogP contribution in [0.5, 0.6) is 0 Å². The maximum atomic E-state index is 12.9. The lowest BCUT2D eigenvalue weighted by Crippen LogP contribution is -2.40. The molecule has 0 saturated heterocycles. The monoisotopic (exact) mass is 373 g/mol. The Labute approximate surface area is 153 Å². The molecule has 3 heterocycles. The van der Waals surface area contributed by atoms with Crippen LogP contribution in [-0.4, -0.2) is 33.4 Å². The van der Waals surface area contributed by atoms with Crippen molar-refractivity contribution in [2.45, 2.75) is 32.4 Å². The van der Waals surface area contributed by atoms with Crippen molar-refractivity contribution in [3.63, 3.8) is 0 Å². The first-order valence-electron chi connectivity index (χ1n) is 8.32. The molecule has 1 aliphatic rings. The molecule has 1 atom stereocenters. The topological polar surface area (TPSA) is 55.2 Å². The summed E-state index contributed by atoms with van der Waals surface area (Å²) in [5.74, 6) is 0.559. The van der Waals surface area contributed by atoms with Crippen LogP contribution in [-0.2, 0) is 11.3 Å². The average Bonchev–Trinajstić information content (AvgIpc) is 3.14. The van der Waals surface area contributed by atoms with Crippen LogP contribution < -0.4 is 5.56 Å². The van der Waals surface area contributed by atoms with Gasteiger partial charge in [-0.1, -0.05) is 6.07 Å². The zero-order valence-corrected chi connectivity index (χ0v) is 15.8. The van der Waals surface area contributed by atoms with Crippen LogP contribution in [0.25, 0.3) is 20.7 Å². The number of carbonyl (C=O) groups excluding carboxylic acids is 1. The van der Waals surface area contributed by atoms with Crippen molar-refractivity contribution in [1.29, 1.82) is 0 Å². The van der Waals surface area contributed by atoms with Crippen LogP contribution in [0.15, 0.2) is 34.0 Å². The maximum absolute atomic E-state index is 12.9. The van der Waals surface area contributed by atoms with E-state index in [2.05, 4.69) is 11.9 Å². The number of hydrogen-bond donors (Lipinski definition) is 0. The molecule has 0 bridgehead atoms. The Morgan fingerprint density at radius 1 is 1.44 bits per heavy atom. The highest BCUT2D eigenvalue weighted by molar-refractivity contribution is 7.18. The molecule has 1 aliphatic carbocycles. The largest absolute Gasteiger partial charge is 0.341 e. The molecule has 5 nitrogen and oxygen atoms in total. The van der Waals surface area contributed by atoms with E-state index in [-0.39, 0.29) is 24.1 Å². The average molecular weight is 374 g/mol. The van der Waals surface area contributed by atoms with E-state index >= 15 is 0 Å². The fraction of sp³-hybridized carbons (Fsp3) is 0.389. The first-order valence-corrected chi connectivity index (χ1v) is 10.1. The predicted octanol–water partition coefficient (Wildman–Crippen LogP) is 3.44. The summed E-state index contributed by atoms with van der Waals surface area (Å²) in [5, 5.41) is 4.57. The molecule has 1 fully saturated rings. The van der Waals surface area contributed by atoms with E-state index in [0.717, 1.165) is 15.3 Å². The molecule has 0 aliphatic heterocycles. The molecular formula is C18H19N3O2S2. The molecule has 0 N–H and O–H groups in total. The number of rotatable bonds is 5. The molecule has 25 heavy (non-hydrogen) atoms. The summed E-state index contributed by atoms with van der Waals surface area (Å²) in [7, 11) is 1.82. The summed E-state index contributed by atoms with van der Waals surface area (Å²) in [5.41, 5.74) is 0.768. The number of fused-ring (bicyclic) bond motifs is 1. The van der Waals surface area contributed by atoms with Crippen molar-refractivity contribution in [3.8, 4) is 10.4 Å². The van der Waals surface area contributed by atoms with Gasteiger partial charge < -0.3 is 4.90 Å². The van der Waals surface area contributed by atoms with Gasteiger partial charge in [-0.25, -0.2) is 4.98 Å². The van der Waals surface area contributed by atoms with E-state index in [1.165, 1.54) is 35.1 Å². The van der Waals surface area contributed by atoms with E-state index in [1.807, 2.05) is 29.9 Å². The summed E-state index contributed by atoms with van der Waals surface area (Å²) in [6, 6.07) is 4.19. The second-order valence-corrected chi connectivity index (χ2v) is 8.37. The molecule has 0 aromatic carbocycles. The number of hydrogen-bond acceptors (Lipinski definition) is 5. The van der Waals surface area contributed by atoms with Crippen molar-refractivity contribution in [2.24, 2.45) is 5.92 Å². The molecular weight excluding hydrogens is 354 g/mol. The highest BCUT2D eigenvalue weighted by Gasteiger charge is 2.32. The van der Waals surface area contributed by atoms with E-state index in [0.29, 0.717) is 11.3 Å². The molecule has 3 aromatic rings. The molecule has 1 saturated carbocycles. The van der Waals surface area contributed by atoms with Gasteiger partial charge in [-0.05, 0) is 37.1 Å². The number of nitrogens with zero attached hydrogens (tertiary/aromatic N) is 3. The Bertz CT molecular complexity index is 970. The lowest BCUT2D eigenvalue weighted by Gasteiger charge is -2.25. The van der Waals surface area contributed by atoms with Gasteiger partial charge in [0.1, 0.15) is 11.4 Å². The van der Waals surface area contributed by atoms with Gasteiger partial charge in [0.25, 0.3) is 5.56 Å². The normalized spacial score (nSPS) is 15.4. The van der Waals surface area contributed by atoms with Crippen LogP contribution in [0.3, 0.4) is 0 Å². The summed E-state index contributed by atoms with van der Waals surface area (Å²) in [4.78, 5) is 33.4. The van der Waals surface area contributed by atoms with Crippen molar-refractivity contribution in [3.05, 3.63) is 39.6 Å². The SMILES string of the molecule is CC(C1CC1)N(C)C(=O)Cn1cnc2scc(-c3cccs3)c2c1=O. The third kappa shape index (κ3) is 3.02. The highest BCUT2D eigenvalue weighted by atomic mass is 32.1. The number of likely N-dealkylation sites (N-methyl/N-ethyl adjacent to an activating group) is 1. The van der Waals surface area contributed by atoms with Crippen LogP contribution in [0.1, 0.15) is 19.8 Å². The summed E-state index contributed by atoms with van der Waals surface area (Å²) < 4.78 is 1.44. The third-order valence-electron chi connectivity index (χ3n) is 4.96. The second kappa shape index (κ2) is 6.38. The zero-order valence-electron chi connectivity index (χ0n) is 14.1. The van der Waals surface area contributed by atoms with Gasteiger partial charge in [-0.2, -0.15) is 0 Å². The predicted molar refractivity (Wildman–Crippen MR) is 102 cm³/mol. The Kier molecular flexibility index (Phi) is 4.21. The minimum absolute atomic E-state index is 0.0368. The van der Waals surface area contributed by atoms with E-state index in [9.17, 15) is 9.59 Å². The smallest absolute Gasteiger partial charge is 0.263 e. The number of amides is 1. The lowest BCUT2D eigenvalue weighted by molar-refractivity contribution is -0.132. The number of aromatic nitrogens is 2. The highest BCUT2D eigenvalue weighted by Crippen LogP contribution is 2.35. The minimum atomic E-state index is -0.143. The molecule has 0 radical (unpaired) electrons. The van der Waals surface area contributed by atoms with Gasteiger partial charge in [0, 0.05) is 28.9 Å². The fourth-order valence-electron chi connectivity index (χ4n) is 3.07. The van der Waals surface area contributed by atoms with Gasteiger partial charge in [-0.3, -0.25) is 14.2 Å². The van der Waals surface area contributed by atoms with Gasteiger partial charge in [0.15, 0.2) is 0 Å². The summed E-state index contributed by atoms with van der Waals surface area (Å²) >= 11 is 3.06. The fourth-order valence-corrected chi connectivity index (χ4v) is 4.79. The Morgan fingerprint density at radius 3 is 2.92 bits per heavy atom. The maximum Gasteiger partial charge on any atom is 0.263 e. The van der Waals surface area contributed by atoms with Crippen molar-refractivity contribution in [1.82, 2.24) is 14.5 Å². The van der Waals surface area contributed by atoms with Gasteiger partial charge in [-0.15, -0.1) is 22.7 Å². The van der Waals surface area contributed by atoms with Crippen molar-refractivity contribution in [2.75, 3.05) is 7.05 Å². The van der Waals surface area contributed by atoms with Crippen LogP contribution in [0, 0.1) is 5.92 Å². The Morgan fingerprint density at radius 2 is 2.24 bits per heavy atom. The summed E-state index contributed by atoms with van der Waals surface area (Å²) in [6.07, 6.45) is 3.86. The van der Waals surface area contributed by atoms with Crippen LogP contribution in [0.4, 0.5) is 0 Å². The molecule has 3 aromatic heterocycles. The number of thiophene rings is 2. The molecule has 4 rings (SSSR count). The van der Waals surface area contributed by atoms with Crippen LogP contribution in [0.2, 0.25) is 0 Å². The number of carbonyl (C=O) groups is 1. The van der Waals surface area contributed by atoms with E-state index in [4.69, 9.17) is 0 Å². The molecule has 1 unspecified atom stereocenters. The van der Waals surface area contributed by atoms with Gasteiger partial charge in [0.05, 0.1) is 11.7 Å². The van der Waals surface area contributed by atoms with Gasteiger partial charge in [0.2, 0.25) is 5.91 Å². The molecule has 130 valence electrons.